The van der Waals surface area contributed by atoms with Crippen molar-refractivity contribution in [1.29, 1.82) is 5.26 Å². The highest BCUT2D eigenvalue weighted by Crippen LogP contribution is 2.28. The quantitative estimate of drug-likeness (QED) is 0.446. The molecule has 1 heterocycles. The second-order valence-electron chi connectivity index (χ2n) is 2.40. The summed E-state index contributed by atoms with van der Waals surface area (Å²) in [6.45, 7) is 0. The Morgan fingerprint density at radius 1 is 1.67 bits per heavy atom. The van der Waals surface area contributed by atoms with Crippen molar-refractivity contribution in [1.82, 2.24) is 4.98 Å². The molecular weight excluding hydrogens is 232 g/mol. The molecule has 0 saturated carbocycles. The second kappa shape index (κ2) is 4.14. The Bertz CT molecular complexity index is 458. The number of nitro groups is 1. The van der Waals surface area contributed by atoms with Gasteiger partial charge in [0.25, 0.3) is 12.1 Å². The minimum atomic E-state index is -2.98. The van der Waals surface area contributed by atoms with Gasteiger partial charge in [0.1, 0.15) is 11.8 Å². The number of alkyl halides is 2. The van der Waals surface area contributed by atoms with Crippen LogP contribution in [0.4, 0.5) is 14.5 Å². The Kier molecular flexibility index (Phi) is 3.11. The average Bonchev–Trinajstić information content (AvgIpc) is 2.16. The number of nitriles is 1. The molecule has 0 bridgehead atoms. The number of pyridine rings is 1. The molecule has 8 heteroatoms. The molecule has 0 spiro atoms. The second-order valence-corrected chi connectivity index (χ2v) is 2.76. The summed E-state index contributed by atoms with van der Waals surface area (Å²) in [5, 5.41) is 18.3. The van der Waals surface area contributed by atoms with E-state index in [2.05, 4.69) is 4.98 Å². The molecule has 0 aliphatic heterocycles. The molecule has 0 amide bonds. The van der Waals surface area contributed by atoms with Crippen LogP contribution in [0.25, 0.3) is 0 Å². The lowest BCUT2D eigenvalue weighted by Crippen LogP contribution is -1.99. The Morgan fingerprint density at radius 3 is 2.67 bits per heavy atom. The fourth-order valence-corrected chi connectivity index (χ4v) is 1.12. The van der Waals surface area contributed by atoms with Gasteiger partial charge in [-0.25, -0.2) is 13.8 Å². The maximum atomic E-state index is 12.2. The Hall–Kier alpha value is -1.81. The van der Waals surface area contributed by atoms with Gasteiger partial charge in [-0.2, -0.15) is 5.26 Å². The van der Waals surface area contributed by atoms with Gasteiger partial charge in [-0.05, 0) is 0 Å². The van der Waals surface area contributed by atoms with E-state index >= 15 is 0 Å². The van der Waals surface area contributed by atoms with E-state index in [1.807, 2.05) is 0 Å². The van der Waals surface area contributed by atoms with Gasteiger partial charge in [0.15, 0.2) is 10.7 Å². The van der Waals surface area contributed by atoms with E-state index in [9.17, 15) is 18.9 Å². The summed E-state index contributed by atoms with van der Waals surface area (Å²) >= 11 is 5.35. The van der Waals surface area contributed by atoms with Gasteiger partial charge in [0.2, 0.25) is 0 Å². The van der Waals surface area contributed by atoms with Crippen molar-refractivity contribution >= 4 is 17.3 Å². The van der Waals surface area contributed by atoms with Crippen LogP contribution >= 0.6 is 11.6 Å². The van der Waals surface area contributed by atoms with Gasteiger partial charge < -0.3 is 0 Å². The first-order chi connectivity index (χ1) is 6.97. The van der Waals surface area contributed by atoms with Crippen LogP contribution in [0.1, 0.15) is 17.7 Å². The molecule has 78 valence electrons. The molecule has 0 atom stereocenters. The van der Waals surface area contributed by atoms with Crippen LogP contribution in [0.2, 0.25) is 5.15 Å². The van der Waals surface area contributed by atoms with Gasteiger partial charge >= 0.3 is 0 Å². The van der Waals surface area contributed by atoms with Gasteiger partial charge in [-0.15, -0.1) is 0 Å². The van der Waals surface area contributed by atoms with Crippen molar-refractivity contribution in [2.45, 2.75) is 6.43 Å². The molecule has 0 unspecified atom stereocenters. The van der Waals surface area contributed by atoms with Crippen LogP contribution in [0.3, 0.4) is 0 Å². The first kappa shape index (κ1) is 11.3. The number of rotatable bonds is 2. The van der Waals surface area contributed by atoms with Crippen LogP contribution in [0.5, 0.6) is 0 Å². The molecule has 1 rings (SSSR count). The van der Waals surface area contributed by atoms with Gasteiger partial charge in [-0.3, -0.25) is 10.1 Å². The van der Waals surface area contributed by atoms with Crippen molar-refractivity contribution in [3.05, 3.63) is 32.6 Å². The van der Waals surface area contributed by atoms with Crippen molar-refractivity contribution in [2.75, 3.05) is 0 Å². The lowest BCUT2D eigenvalue weighted by Gasteiger charge is -2.01. The molecular formula is C7H2ClF2N3O2. The lowest BCUT2D eigenvalue weighted by molar-refractivity contribution is -0.385. The minimum Gasteiger partial charge on any atom is -0.258 e. The minimum absolute atomic E-state index is 0.522. The van der Waals surface area contributed by atoms with Crippen molar-refractivity contribution in [3.63, 3.8) is 0 Å². The van der Waals surface area contributed by atoms with E-state index in [0.717, 1.165) is 0 Å². The van der Waals surface area contributed by atoms with Gasteiger partial charge in [-0.1, -0.05) is 11.6 Å². The third-order valence-corrected chi connectivity index (χ3v) is 1.78. The number of aromatic nitrogens is 1. The molecule has 0 saturated heterocycles. The van der Waals surface area contributed by atoms with Crippen molar-refractivity contribution in [3.8, 4) is 6.07 Å². The zero-order chi connectivity index (χ0) is 11.6. The molecule has 5 nitrogen and oxygen atoms in total. The maximum absolute atomic E-state index is 12.2. The normalized spacial score (nSPS) is 10.1. The lowest BCUT2D eigenvalue weighted by atomic mass is 10.2. The van der Waals surface area contributed by atoms with E-state index in [1.165, 1.54) is 6.07 Å². The fraction of sp³-hybridized carbons (Fsp3) is 0.143. The molecule has 1 aromatic heterocycles. The molecule has 0 N–H and O–H groups in total. The average molecular weight is 234 g/mol. The van der Waals surface area contributed by atoms with Crippen LogP contribution in [-0.2, 0) is 0 Å². The highest BCUT2D eigenvalue weighted by Gasteiger charge is 2.23. The summed E-state index contributed by atoms with van der Waals surface area (Å²) in [5.74, 6) is 0. The predicted molar refractivity (Wildman–Crippen MR) is 45.6 cm³/mol. The molecule has 1 aromatic rings. The summed E-state index contributed by atoms with van der Waals surface area (Å²) in [6, 6.07) is 1.97. The molecule has 0 aliphatic rings. The van der Waals surface area contributed by atoms with E-state index in [1.54, 1.807) is 0 Å². The number of halogens is 3. The summed E-state index contributed by atoms with van der Waals surface area (Å²) in [5.41, 5.74) is -2.12. The number of hydrogen-bond donors (Lipinski definition) is 0. The predicted octanol–water partition coefficient (Wildman–Crippen LogP) is 2.45. The van der Waals surface area contributed by atoms with Gasteiger partial charge in [0, 0.05) is 6.07 Å². The summed E-state index contributed by atoms with van der Waals surface area (Å²) in [7, 11) is 0. The van der Waals surface area contributed by atoms with E-state index < -0.39 is 33.4 Å². The highest BCUT2D eigenvalue weighted by molar-refractivity contribution is 6.30. The SMILES string of the molecule is N#Cc1c([N+](=O)[O-])cc(C(F)F)nc1Cl. The Morgan fingerprint density at radius 2 is 2.27 bits per heavy atom. The summed E-state index contributed by atoms with van der Waals surface area (Å²) in [4.78, 5) is 12.6. The first-order valence-corrected chi connectivity index (χ1v) is 3.88. The topological polar surface area (TPSA) is 79.8 Å². The van der Waals surface area contributed by atoms with Crippen LogP contribution < -0.4 is 0 Å². The molecule has 0 aliphatic carbocycles. The summed E-state index contributed by atoms with van der Waals surface area (Å²) in [6.07, 6.45) is -2.98. The molecule has 0 fully saturated rings. The molecule has 15 heavy (non-hydrogen) atoms. The smallest absolute Gasteiger partial charge is 0.258 e. The zero-order valence-corrected chi connectivity index (χ0v) is 7.70. The number of nitrogens with zero attached hydrogens (tertiary/aromatic N) is 3. The monoisotopic (exact) mass is 233 g/mol. The van der Waals surface area contributed by atoms with Crippen molar-refractivity contribution < 1.29 is 13.7 Å². The van der Waals surface area contributed by atoms with Crippen LogP contribution in [0, 0.1) is 21.4 Å². The van der Waals surface area contributed by atoms with Crippen LogP contribution in [-0.4, -0.2) is 9.91 Å². The third-order valence-electron chi connectivity index (χ3n) is 1.51. The fourth-order valence-electron chi connectivity index (χ4n) is 0.879. The van der Waals surface area contributed by atoms with E-state index in [0.29, 0.717) is 6.07 Å². The van der Waals surface area contributed by atoms with Crippen molar-refractivity contribution in [2.24, 2.45) is 0 Å². The largest absolute Gasteiger partial charge is 0.292 e. The third kappa shape index (κ3) is 2.16. The molecule has 0 aromatic carbocycles. The number of hydrogen-bond acceptors (Lipinski definition) is 4. The standard InChI is InChI=1S/C7H2ClF2N3O2/c8-6-3(2-11)5(13(14)15)1-4(12-6)7(9)10/h1,7H. The maximum Gasteiger partial charge on any atom is 0.292 e. The Balaban J connectivity index is 3.47. The van der Waals surface area contributed by atoms with E-state index in [4.69, 9.17) is 16.9 Å². The van der Waals surface area contributed by atoms with Gasteiger partial charge in [0.05, 0.1) is 4.92 Å². The van der Waals surface area contributed by atoms with E-state index in [-0.39, 0.29) is 0 Å². The highest BCUT2D eigenvalue weighted by atomic mass is 35.5. The molecule has 0 radical (unpaired) electrons. The zero-order valence-electron chi connectivity index (χ0n) is 6.95. The first-order valence-electron chi connectivity index (χ1n) is 3.50. The Labute approximate surface area is 87.1 Å². The van der Waals surface area contributed by atoms with Crippen LogP contribution in [0.15, 0.2) is 6.07 Å². The summed E-state index contributed by atoms with van der Waals surface area (Å²) < 4.78 is 24.4.